The van der Waals surface area contributed by atoms with Crippen LogP contribution in [0.3, 0.4) is 0 Å². The summed E-state index contributed by atoms with van der Waals surface area (Å²) in [6.07, 6.45) is 6.54. The van der Waals surface area contributed by atoms with Crippen molar-refractivity contribution < 1.29 is 15.0 Å². The zero-order chi connectivity index (χ0) is 22.0. The first-order valence-electron chi connectivity index (χ1n) is 10.9. The molecule has 2 fully saturated rings. The van der Waals surface area contributed by atoms with E-state index in [1.807, 2.05) is 12.1 Å². The topological polar surface area (TPSA) is 98.3 Å². The van der Waals surface area contributed by atoms with Gasteiger partial charge in [-0.25, -0.2) is 4.79 Å². The number of hydrogen-bond donors (Lipinski definition) is 3. The van der Waals surface area contributed by atoms with Gasteiger partial charge in [-0.15, -0.1) is 0 Å². The Labute approximate surface area is 181 Å². The van der Waals surface area contributed by atoms with Crippen LogP contribution in [-0.2, 0) is 0 Å². The van der Waals surface area contributed by atoms with Crippen LogP contribution in [0.4, 0.5) is 10.5 Å². The van der Waals surface area contributed by atoms with E-state index in [1.165, 1.54) is 19.3 Å². The van der Waals surface area contributed by atoms with Gasteiger partial charge in [-0.1, -0.05) is 38.3 Å². The third-order valence-electron chi connectivity index (χ3n) is 6.22. The fourth-order valence-electron chi connectivity index (χ4n) is 4.08. The molecule has 0 atom stereocenters. The standard InChI is InChI=1S/C20H17N3O3.C5H10/c21-11-17-16-9-8-15(24)10-18(16)23(14-2-1-3-14)19(17)12-4-6-13(7-5-12)22-20(25)26;1-2-5-3-4-5/h4-10,14,22,24H,1-3H2,(H,25,26);5H,2-4H2,1H3. The van der Waals surface area contributed by atoms with Gasteiger partial charge in [0.05, 0.1) is 16.8 Å². The van der Waals surface area contributed by atoms with Crippen LogP contribution >= 0.6 is 0 Å². The van der Waals surface area contributed by atoms with Gasteiger partial charge in [-0.2, -0.15) is 5.26 Å². The van der Waals surface area contributed by atoms with Crippen molar-refractivity contribution in [3.8, 4) is 23.1 Å². The molecule has 0 saturated heterocycles. The zero-order valence-electron chi connectivity index (χ0n) is 17.6. The molecule has 1 heterocycles. The van der Waals surface area contributed by atoms with Crippen molar-refractivity contribution in [3.05, 3.63) is 48.0 Å². The van der Waals surface area contributed by atoms with Crippen LogP contribution in [0.15, 0.2) is 42.5 Å². The molecule has 3 aromatic rings. The summed E-state index contributed by atoms with van der Waals surface area (Å²) in [7, 11) is 0. The Morgan fingerprint density at radius 3 is 2.35 bits per heavy atom. The maximum Gasteiger partial charge on any atom is 0.409 e. The number of carbonyl (C=O) groups is 1. The summed E-state index contributed by atoms with van der Waals surface area (Å²) in [6, 6.07) is 14.7. The lowest BCUT2D eigenvalue weighted by molar-refractivity contribution is 0.209. The summed E-state index contributed by atoms with van der Waals surface area (Å²) in [5, 5.41) is 31.7. The largest absolute Gasteiger partial charge is 0.508 e. The molecule has 160 valence electrons. The lowest BCUT2D eigenvalue weighted by Gasteiger charge is -2.30. The van der Waals surface area contributed by atoms with Gasteiger partial charge in [0.1, 0.15) is 11.8 Å². The average Bonchev–Trinajstić information content (AvgIpc) is 3.51. The molecule has 0 bridgehead atoms. The van der Waals surface area contributed by atoms with E-state index < -0.39 is 6.09 Å². The van der Waals surface area contributed by atoms with Crippen molar-refractivity contribution in [2.45, 2.75) is 51.5 Å². The molecule has 5 rings (SSSR count). The number of phenolic OH excluding ortho intramolecular Hbond substituents is 1. The number of amides is 1. The van der Waals surface area contributed by atoms with Crippen LogP contribution in [0, 0.1) is 17.2 Å². The van der Waals surface area contributed by atoms with E-state index in [2.05, 4.69) is 22.9 Å². The van der Waals surface area contributed by atoms with Crippen molar-refractivity contribution in [1.82, 2.24) is 4.57 Å². The predicted octanol–water partition coefficient (Wildman–Crippen LogP) is 6.51. The Kier molecular flexibility index (Phi) is 5.85. The molecule has 6 heteroatoms. The van der Waals surface area contributed by atoms with Crippen LogP contribution in [0.1, 0.15) is 57.1 Å². The Morgan fingerprint density at radius 2 is 1.87 bits per heavy atom. The minimum absolute atomic E-state index is 0.174. The first kappa shape index (κ1) is 20.8. The lowest BCUT2D eigenvalue weighted by Crippen LogP contribution is -2.17. The maximum absolute atomic E-state index is 10.8. The number of phenols is 1. The highest BCUT2D eigenvalue weighted by atomic mass is 16.4. The quantitative estimate of drug-likeness (QED) is 0.451. The first-order chi connectivity index (χ1) is 15.0. The fraction of sp³-hybridized carbons (Fsp3) is 0.360. The minimum atomic E-state index is -1.12. The Balaban J connectivity index is 0.000000407. The number of fused-ring (bicyclic) bond motifs is 1. The highest BCUT2D eigenvalue weighted by Gasteiger charge is 2.27. The van der Waals surface area contributed by atoms with Gasteiger partial charge < -0.3 is 14.8 Å². The SMILES string of the molecule is CCC1CC1.N#Cc1c(-c2ccc(NC(=O)O)cc2)n(C2CCC2)c2cc(O)ccc12. The molecule has 1 aromatic heterocycles. The number of aromatic hydroxyl groups is 1. The van der Waals surface area contributed by atoms with E-state index in [-0.39, 0.29) is 5.75 Å². The van der Waals surface area contributed by atoms with Crippen molar-refractivity contribution in [2.24, 2.45) is 5.92 Å². The molecule has 2 aliphatic carbocycles. The first-order valence-corrected chi connectivity index (χ1v) is 10.9. The monoisotopic (exact) mass is 417 g/mol. The lowest BCUT2D eigenvalue weighted by atomic mass is 9.92. The number of anilines is 1. The Bertz CT molecular complexity index is 1130. The smallest absolute Gasteiger partial charge is 0.409 e. The summed E-state index contributed by atoms with van der Waals surface area (Å²) in [6.45, 7) is 2.26. The summed E-state index contributed by atoms with van der Waals surface area (Å²) in [5.74, 6) is 1.31. The van der Waals surface area contributed by atoms with E-state index in [1.54, 1.807) is 30.3 Å². The van der Waals surface area contributed by atoms with Gasteiger partial charge in [0.15, 0.2) is 0 Å². The van der Waals surface area contributed by atoms with Gasteiger partial charge in [0.2, 0.25) is 0 Å². The molecule has 0 aliphatic heterocycles. The molecule has 0 spiro atoms. The second-order valence-corrected chi connectivity index (χ2v) is 8.35. The van der Waals surface area contributed by atoms with Crippen LogP contribution in [0.5, 0.6) is 5.75 Å². The van der Waals surface area contributed by atoms with Gasteiger partial charge in [-0.05, 0) is 55.0 Å². The van der Waals surface area contributed by atoms with E-state index >= 15 is 0 Å². The molecular weight excluding hydrogens is 390 g/mol. The number of nitrogens with zero attached hydrogens (tertiary/aromatic N) is 2. The summed E-state index contributed by atoms with van der Waals surface area (Å²) < 4.78 is 2.15. The molecule has 2 aromatic carbocycles. The van der Waals surface area contributed by atoms with Gasteiger partial charge in [0, 0.05) is 23.2 Å². The molecule has 1 amide bonds. The van der Waals surface area contributed by atoms with Crippen molar-refractivity contribution in [2.75, 3.05) is 5.32 Å². The molecule has 2 aliphatic rings. The summed E-state index contributed by atoms with van der Waals surface area (Å²) >= 11 is 0. The van der Waals surface area contributed by atoms with Crippen molar-refractivity contribution >= 4 is 22.7 Å². The molecule has 0 unspecified atom stereocenters. The normalized spacial score (nSPS) is 15.5. The average molecular weight is 418 g/mol. The number of carboxylic acid groups (broad SMARTS) is 1. The molecule has 0 radical (unpaired) electrons. The van der Waals surface area contributed by atoms with Crippen LogP contribution in [0.25, 0.3) is 22.2 Å². The Hall–Kier alpha value is -3.46. The van der Waals surface area contributed by atoms with Crippen molar-refractivity contribution in [3.63, 3.8) is 0 Å². The van der Waals surface area contributed by atoms with Gasteiger partial charge >= 0.3 is 6.09 Å². The van der Waals surface area contributed by atoms with Gasteiger partial charge in [0.25, 0.3) is 0 Å². The second-order valence-electron chi connectivity index (χ2n) is 8.35. The van der Waals surface area contributed by atoms with Crippen LogP contribution in [-0.4, -0.2) is 20.9 Å². The summed E-state index contributed by atoms with van der Waals surface area (Å²) in [4.78, 5) is 10.8. The molecule has 31 heavy (non-hydrogen) atoms. The van der Waals surface area contributed by atoms with Gasteiger partial charge in [-0.3, -0.25) is 5.32 Å². The minimum Gasteiger partial charge on any atom is -0.508 e. The Morgan fingerprint density at radius 1 is 1.16 bits per heavy atom. The van der Waals surface area contributed by atoms with E-state index in [0.717, 1.165) is 47.3 Å². The highest BCUT2D eigenvalue weighted by Crippen LogP contribution is 2.43. The van der Waals surface area contributed by atoms with Crippen LogP contribution < -0.4 is 5.32 Å². The number of nitrogens with one attached hydrogen (secondary N) is 1. The summed E-state index contributed by atoms with van der Waals surface area (Å²) in [5.41, 5.74) is 3.57. The van der Waals surface area contributed by atoms with Crippen molar-refractivity contribution in [1.29, 1.82) is 5.26 Å². The molecule has 2 saturated carbocycles. The number of benzene rings is 2. The predicted molar refractivity (Wildman–Crippen MR) is 121 cm³/mol. The number of rotatable bonds is 4. The third kappa shape index (κ3) is 4.36. The molecule has 3 N–H and O–H groups in total. The second kappa shape index (κ2) is 8.73. The zero-order valence-corrected chi connectivity index (χ0v) is 17.6. The third-order valence-corrected chi connectivity index (χ3v) is 6.22. The number of aromatic nitrogens is 1. The van der Waals surface area contributed by atoms with Crippen LogP contribution in [0.2, 0.25) is 0 Å². The van der Waals surface area contributed by atoms with E-state index in [4.69, 9.17) is 5.11 Å². The number of nitriles is 1. The van der Waals surface area contributed by atoms with E-state index in [0.29, 0.717) is 17.3 Å². The molecular formula is C25H27N3O3. The maximum atomic E-state index is 10.8. The molecule has 6 nitrogen and oxygen atoms in total. The fourth-order valence-corrected chi connectivity index (χ4v) is 4.08. The number of hydrogen-bond acceptors (Lipinski definition) is 3. The highest BCUT2D eigenvalue weighted by molar-refractivity contribution is 5.95. The van der Waals surface area contributed by atoms with E-state index in [9.17, 15) is 15.2 Å².